The zero-order valence-electron chi connectivity index (χ0n) is 8.53. The molecule has 0 aliphatic rings. The van der Waals surface area contributed by atoms with Gasteiger partial charge in [0, 0.05) is 16.1 Å². The second-order valence-electron chi connectivity index (χ2n) is 2.96. The first kappa shape index (κ1) is 15.9. The van der Waals surface area contributed by atoms with E-state index in [1.54, 1.807) is 12.1 Å². The van der Waals surface area contributed by atoms with Gasteiger partial charge in [-0.1, -0.05) is 11.6 Å². The molecule has 0 saturated carbocycles. The predicted octanol–water partition coefficient (Wildman–Crippen LogP) is -0.573. The molecule has 5 nitrogen and oxygen atoms in total. The number of aromatic nitrogens is 1. The maximum atomic E-state index is 10.5. The summed E-state index contributed by atoms with van der Waals surface area (Å²) >= 11 is 9.03. The van der Waals surface area contributed by atoms with Crippen LogP contribution >= 0.6 is 27.5 Å². The molecule has 1 N–H and O–H groups in total. The largest absolute Gasteiger partial charge is 1.00 e. The van der Waals surface area contributed by atoms with Crippen LogP contribution < -0.4 is 55.6 Å². The minimum Gasteiger partial charge on any atom is -0.716 e. The molecule has 0 aliphatic carbocycles. The summed E-state index contributed by atoms with van der Waals surface area (Å²) in [6.07, 6.45) is 1.28. The number of H-pyrrole nitrogens is 1. The van der Waals surface area contributed by atoms with Crippen molar-refractivity contribution in [2.75, 3.05) is 0 Å². The molecule has 9 heteroatoms. The second-order valence-corrected chi connectivity index (χ2v) is 5.20. The first-order valence-corrected chi connectivity index (χ1v) is 6.49. The molecule has 0 bridgehead atoms. The average molecular weight is 365 g/mol. The van der Waals surface area contributed by atoms with Crippen molar-refractivity contribution in [1.82, 2.24) is 4.98 Å². The molecule has 0 unspecified atom stereocenters. The number of fused-ring (bicyclic) bond motifs is 1. The number of benzene rings is 1. The first-order valence-electron chi connectivity index (χ1n) is 3.98. The number of aromatic amines is 1. The molecule has 2 aromatic rings. The van der Waals surface area contributed by atoms with E-state index in [1.165, 1.54) is 6.20 Å². The van der Waals surface area contributed by atoms with Crippen molar-refractivity contribution >= 4 is 48.8 Å². The standard InChI is InChI=1S/C8H5BrClNO4S.K/c9-5-1-4-7(2-6(5)10)11-3-8(4)15-16(12,13)14;/h1-3,11H,(H,12,13,14);/q;+1/p-1. The molecule has 1 aromatic heterocycles. The van der Waals surface area contributed by atoms with Gasteiger partial charge in [-0.05, 0) is 28.1 Å². The van der Waals surface area contributed by atoms with Crippen molar-refractivity contribution in [1.29, 1.82) is 0 Å². The maximum absolute atomic E-state index is 10.5. The van der Waals surface area contributed by atoms with Crippen LogP contribution in [0.15, 0.2) is 22.8 Å². The second kappa shape index (κ2) is 5.89. The van der Waals surface area contributed by atoms with Crippen molar-refractivity contribution in [3.8, 4) is 5.75 Å². The molecule has 0 aliphatic heterocycles. The van der Waals surface area contributed by atoms with E-state index in [1.807, 2.05) is 0 Å². The van der Waals surface area contributed by atoms with Gasteiger partial charge in [0.2, 0.25) is 0 Å². The number of hydrogen-bond acceptors (Lipinski definition) is 4. The third kappa shape index (κ3) is 3.92. The van der Waals surface area contributed by atoms with Crippen LogP contribution in [0.3, 0.4) is 0 Å². The Balaban J connectivity index is 0.00000144. The SMILES string of the molecule is O=S(=O)([O-])Oc1c[nH]c2cc(Cl)c(Br)cc12.[K+]. The zero-order valence-corrected chi connectivity index (χ0v) is 14.8. The molecule has 0 atom stereocenters. The zero-order chi connectivity index (χ0) is 11.9. The summed E-state index contributed by atoms with van der Waals surface area (Å²) in [5.41, 5.74) is 0.576. The van der Waals surface area contributed by atoms with Crippen LogP contribution in [-0.4, -0.2) is 18.0 Å². The van der Waals surface area contributed by atoms with E-state index in [-0.39, 0.29) is 57.1 Å². The molecular formula is C8H4BrClKNO4S. The normalized spacial score (nSPS) is 11.2. The van der Waals surface area contributed by atoms with Gasteiger partial charge >= 0.3 is 51.4 Å². The Morgan fingerprint density at radius 3 is 2.65 bits per heavy atom. The Kier molecular flexibility index (Phi) is 5.52. The predicted molar refractivity (Wildman–Crippen MR) is 61.3 cm³/mol. The van der Waals surface area contributed by atoms with Crippen LogP contribution in [0.2, 0.25) is 5.02 Å². The van der Waals surface area contributed by atoms with Crippen LogP contribution in [-0.2, 0) is 10.4 Å². The van der Waals surface area contributed by atoms with E-state index in [0.717, 1.165) is 0 Å². The molecule has 0 radical (unpaired) electrons. The van der Waals surface area contributed by atoms with Crippen molar-refractivity contribution in [3.05, 3.63) is 27.8 Å². The van der Waals surface area contributed by atoms with Crippen molar-refractivity contribution in [2.45, 2.75) is 0 Å². The van der Waals surface area contributed by atoms with Gasteiger partial charge < -0.3 is 13.7 Å². The third-order valence-electron chi connectivity index (χ3n) is 1.88. The molecule has 0 amide bonds. The summed E-state index contributed by atoms with van der Waals surface area (Å²) in [4.78, 5) is 2.75. The molecule has 0 saturated heterocycles. The Morgan fingerprint density at radius 2 is 2.06 bits per heavy atom. The Hall–Kier alpha value is 0.876. The monoisotopic (exact) mass is 363 g/mol. The smallest absolute Gasteiger partial charge is 0.716 e. The third-order valence-corrected chi connectivity index (χ3v) is 3.46. The number of nitrogens with one attached hydrogen (secondary N) is 1. The summed E-state index contributed by atoms with van der Waals surface area (Å²) in [6.45, 7) is 0. The van der Waals surface area contributed by atoms with E-state index in [0.29, 0.717) is 20.4 Å². The quantitative estimate of drug-likeness (QED) is 0.439. The Morgan fingerprint density at radius 1 is 1.41 bits per heavy atom. The van der Waals surface area contributed by atoms with Crippen LogP contribution in [0.25, 0.3) is 10.9 Å². The van der Waals surface area contributed by atoms with Crippen LogP contribution in [0.5, 0.6) is 5.75 Å². The van der Waals surface area contributed by atoms with Crippen LogP contribution in [0.4, 0.5) is 0 Å². The number of halogens is 2. The van der Waals surface area contributed by atoms with E-state index < -0.39 is 10.4 Å². The van der Waals surface area contributed by atoms with E-state index >= 15 is 0 Å². The molecular weight excluding hydrogens is 361 g/mol. The Bertz CT molecular complexity index is 657. The molecule has 0 spiro atoms. The Labute approximate surface area is 153 Å². The first-order chi connectivity index (χ1) is 7.37. The average Bonchev–Trinajstić information content (AvgIpc) is 2.47. The fourth-order valence-corrected chi connectivity index (χ4v) is 2.13. The molecule has 1 heterocycles. The summed E-state index contributed by atoms with van der Waals surface area (Å²) in [6, 6.07) is 3.15. The number of hydrogen-bond donors (Lipinski definition) is 1. The summed E-state index contributed by atoms with van der Waals surface area (Å²) < 4.78 is 36.2. The van der Waals surface area contributed by atoms with Gasteiger partial charge in [0.25, 0.3) is 10.4 Å². The van der Waals surface area contributed by atoms with Crippen molar-refractivity contribution in [3.63, 3.8) is 0 Å². The molecule has 2 rings (SSSR count). The van der Waals surface area contributed by atoms with Gasteiger partial charge in [-0.2, -0.15) is 0 Å². The van der Waals surface area contributed by atoms with Gasteiger partial charge in [0.05, 0.1) is 10.5 Å². The fraction of sp³-hybridized carbons (Fsp3) is 0. The summed E-state index contributed by atoms with van der Waals surface area (Å²) in [5, 5.41) is 0.918. The van der Waals surface area contributed by atoms with Gasteiger partial charge in [-0.3, -0.25) is 0 Å². The van der Waals surface area contributed by atoms with Gasteiger partial charge in [0.15, 0.2) is 5.75 Å². The maximum Gasteiger partial charge on any atom is 1.00 e. The summed E-state index contributed by atoms with van der Waals surface area (Å²) in [7, 11) is -4.78. The van der Waals surface area contributed by atoms with Gasteiger partial charge in [0.1, 0.15) is 0 Å². The molecule has 1 aromatic carbocycles. The molecule has 0 fully saturated rings. The van der Waals surface area contributed by atoms with E-state index in [4.69, 9.17) is 11.6 Å². The van der Waals surface area contributed by atoms with E-state index in [9.17, 15) is 13.0 Å². The topological polar surface area (TPSA) is 82.2 Å². The van der Waals surface area contributed by atoms with Crippen molar-refractivity contribution < 1.29 is 68.5 Å². The van der Waals surface area contributed by atoms with E-state index in [2.05, 4.69) is 25.1 Å². The minimum atomic E-state index is -4.78. The minimum absolute atomic E-state index is 0. The molecule has 86 valence electrons. The summed E-state index contributed by atoms with van der Waals surface area (Å²) in [5.74, 6) is -0.0534. The van der Waals surface area contributed by atoms with Crippen LogP contribution in [0, 0.1) is 0 Å². The van der Waals surface area contributed by atoms with Gasteiger partial charge in [-0.25, -0.2) is 8.42 Å². The fourth-order valence-electron chi connectivity index (χ4n) is 1.27. The number of rotatable bonds is 2. The molecule has 17 heavy (non-hydrogen) atoms. The van der Waals surface area contributed by atoms with Gasteiger partial charge in [-0.15, -0.1) is 0 Å². The van der Waals surface area contributed by atoms with Crippen molar-refractivity contribution in [2.24, 2.45) is 0 Å². The van der Waals surface area contributed by atoms with Crippen LogP contribution in [0.1, 0.15) is 0 Å².